The van der Waals surface area contributed by atoms with Crippen molar-refractivity contribution in [3.8, 4) is 0 Å². The SMILES string of the molecule is O=C(CCN(Cc1cccc2ccccc12)C1CC1)Nc1ccccc1Br. The second-order valence-corrected chi connectivity index (χ2v) is 7.97. The zero-order chi connectivity index (χ0) is 18.6. The van der Waals surface area contributed by atoms with Crippen LogP contribution in [0.2, 0.25) is 0 Å². The molecule has 0 atom stereocenters. The first-order valence-corrected chi connectivity index (χ1v) is 10.2. The van der Waals surface area contributed by atoms with E-state index in [9.17, 15) is 4.79 Å². The smallest absolute Gasteiger partial charge is 0.225 e. The Morgan fingerprint density at radius 1 is 1.00 bits per heavy atom. The standard InChI is InChI=1S/C23H23BrN2O/c24-21-10-3-4-11-22(21)25-23(27)14-15-26(19-12-13-19)16-18-8-5-7-17-6-1-2-9-20(17)18/h1-11,19H,12-16H2,(H,25,27). The van der Waals surface area contributed by atoms with Gasteiger partial charge in [-0.25, -0.2) is 0 Å². The number of nitrogens with one attached hydrogen (secondary N) is 1. The van der Waals surface area contributed by atoms with Gasteiger partial charge in [0.15, 0.2) is 0 Å². The average molecular weight is 423 g/mol. The number of carbonyl (C=O) groups excluding carboxylic acids is 1. The Balaban J connectivity index is 1.41. The normalized spacial score (nSPS) is 13.9. The highest BCUT2D eigenvalue weighted by Gasteiger charge is 2.29. The Bertz CT molecular complexity index is 947. The zero-order valence-electron chi connectivity index (χ0n) is 15.2. The van der Waals surface area contributed by atoms with Gasteiger partial charge in [0.25, 0.3) is 0 Å². The van der Waals surface area contributed by atoms with Gasteiger partial charge in [0.2, 0.25) is 5.91 Å². The Morgan fingerprint density at radius 3 is 2.56 bits per heavy atom. The summed E-state index contributed by atoms with van der Waals surface area (Å²) in [6, 6.07) is 23.3. The van der Waals surface area contributed by atoms with Crippen molar-refractivity contribution in [2.24, 2.45) is 0 Å². The molecule has 0 spiro atoms. The molecule has 0 radical (unpaired) electrons. The Labute approximate surface area is 168 Å². The third kappa shape index (κ3) is 4.57. The topological polar surface area (TPSA) is 32.3 Å². The number of benzene rings is 3. The van der Waals surface area contributed by atoms with Crippen molar-refractivity contribution >= 4 is 38.3 Å². The number of anilines is 1. The highest BCUT2D eigenvalue weighted by Crippen LogP contribution is 2.30. The number of hydrogen-bond acceptors (Lipinski definition) is 2. The van der Waals surface area contributed by atoms with Crippen LogP contribution in [0, 0.1) is 0 Å². The minimum absolute atomic E-state index is 0.0606. The minimum Gasteiger partial charge on any atom is -0.325 e. The van der Waals surface area contributed by atoms with Crippen LogP contribution in [0.4, 0.5) is 5.69 Å². The predicted molar refractivity (Wildman–Crippen MR) is 115 cm³/mol. The van der Waals surface area contributed by atoms with Crippen LogP contribution >= 0.6 is 15.9 Å². The first kappa shape index (κ1) is 18.2. The average Bonchev–Trinajstić information content (AvgIpc) is 3.52. The molecular formula is C23H23BrN2O. The highest BCUT2D eigenvalue weighted by molar-refractivity contribution is 9.10. The summed E-state index contributed by atoms with van der Waals surface area (Å²) in [5, 5.41) is 5.59. The number of carbonyl (C=O) groups is 1. The van der Waals surface area contributed by atoms with Gasteiger partial charge in [0.1, 0.15) is 0 Å². The molecule has 0 aliphatic heterocycles. The van der Waals surface area contributed by atoms with Crippen molar-refractivity contribution in [2.45, 2.75) is 31.8 Å². The fourth-order valence-electron chi connectivity index (χ4n) is 3.50. The van der Waals surface area contributed by atoms with Crippen LogP contribution in [0.15, 0.2) is 71.2 Å². The molecule has 0 bridgehead atoms. The monoisotopic (exact) mass is 422 g/mol. The van der Waals surface area contributed by atoms with Gasteiger partial charge in [-0.05, 0) is 57.2 Å². The number of para-hydroxylation sites is 1. The fourth-order valence-corrected chi connectivity index (χ4v) is 3.88. The van der Waals surface area contributed by atoms with E-state index in [4.69, 9.17) is 0 Å². The lowest BCUT2D eigenvalue weighted by molar-refractivity contribution is -0.116. The Kier molecular flexibility index (Phi) is 5.55. The Morgan fingerprint density at radius 2 is 1.74 bits per heavy atom. The lowest BCUT2D eigenvalue weighted by atomic mass is 10.0. The molecule has 138 valence electrons. The quantitative estimate of drug-likeness (QED) is 0.537. The van der Waals surface area contributed by atoms with E-state index in [2.05, 4.69) is 68.6 Å². The second-order valence-electron chi connectivity index (χ2n) is 7.12. The summed E-state index contributed by atoms with van der Waals surface area (Å²) in [7, 11) is 0. The van der Waals surface area contributed by atoms with Crippen LogP contribution in [-0.4, -0.2) is 23.4 Å². The Hall–Kier alpha value is -2.17. The van der Waals surface area contributed by atoms with Gasteiger partial charge in [-0.15, -0.1) is 0 Å². The lowest BCUT2D eigenvalue weighted by Gasteiger charge is -2.22. The molecule has 1 saturated carbocycles. The van der Waals surface area contributed by atoms with Gasteiger partial charge >= 0.3 is 0 Å². The van der Waals surface area contributed by atoms with Crippen LogP contribution in [-0.2, 0) is 11.3 Å². The van der Waals surface area contributed by atoms with Gasteiger partial charge in [-0.2, -0.15) is 0 Å². The van der Waals surface area contributed by atoms with Gasteiger partial charge in [-0.1, -0.05) is 54.6 Å². The molecule has 4 rings (SSSR count). The van der Waals surface area contributed by atoms with Gasteiger partial charge in [0.05, 0.1) is 5.69 Å². The minimum atomic E-state index is 0.0606. The third-order valence-electron chi connectivity index (χ3n) is 5.09. The van der Waals surface area contributed by atoms with Crippen molar-refractivity contribution < 1.29 is 4.79 Å². The number of hydrogen-bond donors (Lipinski definition) is 1. The van der Waals surface area contributed by atoms with E-state index in [0.29, 0.717) is 12.5 Å². The maximum Gasteiger partial charge on any atom is 0.225 e. The van der Waals surface area contributed by atoms with Crippen molar-refractivity contribution in [3.05, 3.63) is 76.8 Å². The summed E-state index contributed by atoms with van der Waals surface area (Å²) in [4.78, 5) is 14.9. The lowest BCUT2D eigenvalue weighted by Crippen LogP contribution is -2.29. The molecule has 0 heterocycles. The number of amides is 1. The van der Waals surface area contributed by atoms with E-state index in [0.717, 1.165) is 23.2 Å². The molecule has 3 aromatic rings. The summed E-state index contributed by atoms with van der Waals surface area (Å²) >= 11 is 3.48. The molecule has 27 heavy (non-hydrogen) atoms. The van der Waals surface area contributed by atoms with Gasteiger partial charge in [-0.3, -0.25) is 9.69 Å². The van der Waals surface area contributed by atoms with Crippen molar-refractivity contribution in [3.63, 3.8) is 0 Å². The van der Waals surface area contributed by atoms with Crippen LogP contribution < -0.4 is 5.32 Å². The fraction of sp³-hybridized carbons (Fsp3) is 0.261. The molecule has 1 N–H and O–H groups in total. The van der Waals surface area contributed by atoms with E-state index in [-0.39, 0.29) is 5.91 Å². The molecule has 0 aromatic heterocycles. The molecule has 0 saturated heterocycles. The van der Waals surface area contributed by atoms with Crippen LogP contribution in [0.5, 0.6) is 0 Å². The van der Waals surface area contributed by atoms with Crippen molar-refractivity contribution in [2.75, 3.05) is 11.9 Å². The van der Waals surface area contributed by atoms with Crippen LogP contribution in [0.3, 0.4) is 0 Å². The third-order valence-corrected chi connectivity index (χ3v) is 5.78. The number of fused-ring (bicyclic) bond motifs is 1. The highest BCUT2D eigenvalue weighted by atomic mass is 79.9. The summed E-state index contributed by atoms with van der Waals surface area (Å²) in [5.41, 5.74) is 2.17. The molecular weight excluding hydrogens is 400 g/mol. The molecule has 1 fully saturated rings. The molecule has 3 nitrogen and oxygen atoms in total. The predicted octanol–water partition coefficient (Wildman–Crippen LogP) is 5.60. The summed E-state index contributed by atoms with van der Waals surface area (Å²) in [6.07, 6.45) is 2.97. The molecule has 1 aliphatic rings. The summed E-state index contributed by atoms with van der Waals surface area (Å²) in [6.45, 7) is 1.68. The first-order chi connectivity index (χ1) is 13.2. The second kappa shape index (κ2) is 8.24. The maximum absolute atomic E-state index is 12.4. The van der Waals surface area contributed by atoms with E-state index in [1.54, 1.807) is 0 Å². The largest absolute Gasteiger partial charge is 0.325 e. The summed E-state index contributed by atoms with van der Waals surface area (Å²) < 4.78 is 0.910. The van der Waals surface area contributed by atoms with E-state index < -0.39 is 0 Å². The molecule has 1 aliphatic carbocycles. The summed E-state index contributed by atoms with van der Waals surface area (Å²) in [5.74, 6) is 0.0606. The molecule has 3 aromatic carbocycles. The van der Waals surface area contributed by atoms with Gasteiger partial charge in [0, 0.05) is 30.0 Å². The van der Waals surface area contributed by atoms with Gasteiger partial charge < -0.3 is 5.32 Å². The zero-order valence-corrected chi connectivity index (χ0v) is 16.8. The van der Waals surface area contributed by atoms with E-state index >= 15 is 0 Å². The molecule has 0 unspecified atom stereocenters. The van der Waals surface area contributed by atoms with Crippen LogP contribution in [0.1, 0.15) is 24.8 Å². The van der Waals surface area contributed by atoms with Crippen LogP contribution in [0.25, 0.3) is 10.8 Å². The maximum atomic E-state index is 12.4. The van der Waals surface area contributed by atoms with Crippen molar-refractivity contribution in [1.29, 1.82) is 0 Å². The molecule has 1 amide bonds. The van der Waals surface area contributed by atoms with Crippen molar-refractivity contribution in [1.82, 2.24) is 4.90 Å². The van der Waals surface area contributed by atoms with E-state index in [1.165, 1.54) is 29.2 Å². The number of nitrogens with zero attached hydrogens (tertiary/aromatic N) is 1. The molecule has 4 heteroatoms. The first-order valence-electron chi connectivity index (χ1n) is 9.46. The van der Waals surface area contributed by atoms with E-state index in [1.807, 2.05) is 24.3 Å². The number of rotatable bonds is 7. The number of halogens is 1.